The lowest BCUT2D eigenvalue weighted by Crippen LogP contribution is -2.20. The molecule has 0 fully saturated rings. The SMILES string of the molecule is Cc1ccncc1NC(=O)COc1ccn(-c2ccccc2)n1. The number of benzene rings is 1. The van der Waals surface area contributed by atoms with Crippen LogP contribution in [0.2, 0.25) is 0 Å². The van der Waals surface area contributed by atoms with E-state index in [0.717, 1.165) is 11.3 Å². The standard InChI is InChI=1S/C17H16N4O2/c1-13-7-9-18-11-15(13)19-16(22)12-23-17-8-10-21(20-17)14-5-3-2-4-6-14/h2-11H,12H2,1H3,(H,19,22). The number of carbonyl (C=O) groups excluding carboxylic acids is 1. The first-order valence-corrected chi connectivity index (χ1v) is 7.17. The molecule has 6 nitrogen and oxygen atoms in total. The molecule has 0 aliphatic rings. The fourth-order valence-electron chi connectivity index (χ4n) is 2.03. The first-order valence-electron chi connectivity index (χ1n) is 7.17. The fraction of sp³-hybridized carbons (Fsp3) is 0.118. The summed E-state index contributed by atoms with van der Waals surface area (Å²) >= 11 is 0. The molecule has 0 aliphatic heterocycles. The number of nitrogens with one attached hydrogen (secondary N) is 1. The van der Waals surface area contributed by atoms with Crippen LogP contribution in [0.3, 0.4) is 0 Å². The molecular weight excluding hydrogens is 292 g/mol. The number of para-hydroxylation sites is 1. The summed E-state index contributed by atoms with van der Waals surface area (Å²) in [5.41, 5.74) is 2.55. The Hall–Kier alpha value is -3.15. The Bertz CT molecular complexity index is 799. The monoisotopic (exact) mass is 308 g/mol. The summed E-state index contributed by atoms with van der Waals surface area (Å²) in [5, 5.41) is 7.04. The van der Waals surface area contributed by atoms with Crippen molar-refractivity contribution in [3.8, 4) is 11.6 Å². The molecule has 23 heavy (non-hydrogen) atoms. The van der Waals surface area contributed by atoms with E-state index in [-0.39, 0.29) is 12.5 Å². The van der Waals surface area contributed by atoms with Crippen LogP contribution in [0.5, 0.6) is 5.88 Å². The van der Waals surface area contributed by atoms with Crippen molar-refractivity contribution < 1.29 is 9.53 Å². The van der Waals surface area contributed by atoms with Gasteiger partial charge in [0.15, 0.2) is 6.61 Å². The van der Waals surface area contributed by atoms with Gasteiger partial charge in [-0.1, -0.05) is 18.2 Å². The maximum absolute atomic E-state index is 11.9. The molecule has 6 heteroatoms. The average Bonchev–Trinajstić information content (AvgIpc) is 3.05. The first kappa shape index (κ1) is 14.8. The minimum absolute atomic E-state index is 0.111. The number of carbonyl (C=O) groups is 1. The predicted octanol–water partition coefficient (Wildman–Crippen LogP) is 2.59. The maximum Gasteiger partial charge on any atom is 0.262 e. The minimum Gasteiger partial charge on any atom is -0.466 e. The molecule has 3 rings (SSSR count). The summed E-state index contributed by atoms with van der Waals surface area (Å²) < 4.78 is 7.11. The van der Waals surface area contributed by atoms with E-state index in [1.807, 2.05) is 43.3 Å². The highest BCUT2D eigenvalue weighted by molar-refractivity contribution is 5.92. The Balaban J connectivity index is 1.58. The van der Waals surface area contributed by atoms with Gasteiger partial charge in [-0.3, -0.25) is 9.78 Å². The first-order chi connectivity index (χ1) is 11.2. The van der Waals surface area contributed by atoms with E-state index < -0.39 is 0 Å². The summed E-state index contributed by atoms with van der Waals surface area (Å²) in [5.74, 6) is 0.141. The highest BCUT2D eigenvalue weighted by Crippen LogP contribution is 2.13. The van der Waals surface area contributed by atoms with Crippen LogP contribution < -0.4 is 10.1 Å². The fourth-order valence-corrected chi connectivity index (χ4v) is 2.03. The van der Waals surface area contributed by atoms with Crippen LogP contribution in [0.15, 0.2) is 61.1 Å². The van der Waals surface area contributed by atoms with Gasteiger partial charge in [-0.15, -0.1) is 5.10 Å². The number of ether oxygens (including phenoxy) is 1. The van der Waals surface area contributed by atoms with Crippen molar-refractivity contribution in [2.75, 3.05) is 11.9 Å². The summed E-state index contributed by atoms with van der Waals surface area (Å²) in [6.45, 7) is 1.79. The highest BCUT2D eigenvalue weighted by Gasteiger charge is 2.07. The number of aromatic nitrogens is 3. The summed E-state index contributed by atoms with van der Waals surface area (Å²) in [4.78, 5) is 15.9. The minimum atomic E-state index is -0.254. The number of amides is 1. The Morgan fingerprint density at radius 3 is 2.83 bits per heavy atom. The lowest BCUT2D eigenvalue weighted by atomic mass is 10.2. The number of nitrogens with zero attached hydrogens (tertiary/aromatic N) is 3. The predicted molar refractivity (Wildman–Crippen MR) is 86.7 cm³/mol. The largest absolute Gasteiger partial charge is 0.466 e. The second-order valence-electron chi connectivity index (χ2n) is 4.96. The molecule has 2 aromatic heterocycles. The third-order valence-corrected chi connectivity index (χ3v) is 3.25. The zero-order valence-corrected chi connectivity index (χ0v) is 12.6. The van der Waals surface area contributed by atoms with E-state index >= 15 is 0 Å². The maximum atomic E-state index is 11.9. The molecular formula is C17H16N4O2. The Morgan fingerprint density at radius 2 is 2.04 bits per heavy atom. The van der Waals surface area contributed by atoms with Gasteiger partial charge >= 0.3 is 0 Å². The molecule has 1 amide bonds. The topological polar surface area (TPSA) is 69.0 Å². The van der Waals surface area contributed by atoms with Gasteiger partial charge in [0, 0.05) is 18.5 Å². The second-order valence-corrected chi connectivity index (χ2v) is 4.96. The van der Waals surface area contributed by atoms with Crippen molar-refractivity contribution >= 4 is 11.6 Å². The lowest BCUT2D eigenvalue weighted by molar-refractivity contribution is -0.118. The molecule has 3 aromatic rings. The molecule has 0 atom stereocenters. The highest BCUT2D eigenvalue weighted by atomic mass is 16.5. The molecule has 0 unspecified atom stereocenters. The van der Waals surface area contributed by atoms with E-state index in [4.69, 9.17) is 4.74 Å². The van der Waals surface area contributed by atoms with Crippen LogP contribution in [0, 0.1) is 6.92 Å². The molecule has 2 heterocycles. The van der Waals surface area contributed by atoms with Gasteiger partial charge in [0.05, 0.1) is 17.6 Å². The molecule has 1 aromatic carbocycles. The van der Waals surface area contributed by atoms with Crippen molar-refractivity contribution in [3.05, 3.63) is 66.6 Å². The van der Waals surface area contributed by atoms with Crippen molar-refractivity contribution in [1.82, 2.24) is 14.8 Å². The van der Waals surface area contributed by atoms with Crippen molar-refractivity contribution in [2.24, 2.45) is 0 Å². The third-order valence-electron chi connectivity index (χ3n) is 3.25. The number of rotatable bonds is 5. The Morgan fingerprint density at radius 1 is 1.22 bits per heavy atom. The van der Waals surface area contributed by atoms with Gasteiger partial charge in [-0.2, -0.15) is 0 Å². The van der Waals surface area contributed by atoms with Gasteiger partial charge < -0.3 is 10.1 Å². The van der Waals surface area contributed by atoms with Gasteiger partial charge in [0.25, 0.3) is 5.91 Å². The second kappa shape index (κ2) is 6.74. The van der Waals surface area contributed by atoms with E-state index in [1.165, 1.54) is 0 Å². The van der Waals surface area contributed by atoms with E-state index in [2.05, 4.69) is 15.4 Å². The quantitative estimate of drug-likeness (QED) is 0.786. The molecule has 1 N–H and O–H groups in total. The van der Waals surface area contributed by atoms with Crippen LogP contribution in [0.1, 0.15) is 5.56 Å². The Labute approximate surface area is 133 Å². The van der Waals surface area contributed by atoms with Gasteiger partial charge in [0.2, 0.25) is 5.88 Å². The number of hydrogen-bond acceptors (Lipinski definition) is 4. The third kappa shape index (κ3) is 3.74. The Kier molecular flexibility index (Phi) is 4.33. The number of pyridine rings is 1. The van der Waals surface area contributed by atoms with Gasteiger partial charge in [0.1, 0.15) is 0 Å². The van der Waals surface area contributed by atoms with Crippen LogP contribution in [0.25, 0.3) is 5.69 Å². The number of hydrogen-bond donors (Lipinski definition) is 1. The molecule has 0 saturated carbocycles. The van der Waals surface area contributed by atoms with E-state index in [9.17, 15) is 4.79 Å². The summed E-state index contributed by atoms with van der Waals surface area (Å²) in [7, 11) is 0. The number of anilines is 1. The molecule has 0 saturated heterocycles. The zero-order valence-electron chi connectivity index (χ0n) is 12.6. The van der Waals surface area contributed by atoms with E-state index in [1.54, 1.807) is 29.3 Å². The smallest absolute Gasteiger partial charge is 0.262 e. The normalized spacial score (nSPS) is 10.3. The summed E-state index contributed by atoms with van der Waals surface area (Å²) in [6, 6.07) is 13.2. The molecule has 0 radical (unpaired) electrons. The van der Waals surface area contributed by atoms with Gasteiger partial charge in [-0.25, -0.2) is 4.68 Å². The van der Waals surface area contributed by atoms with Crippen LogP contribution in [-0.4, -0.2) is 27.3 Å². The van der Waals surface area contributed by atoms with Gasteiger partial charge in [-0.05, 0) is 30.7 Å². The van der Waals surface area contributed by atoms with Crippen molar-refractivity contribution in [1.29, 1.82) is 0 Å². The van der Waals surface area contributed by atoms with E-state index in [0.29, 0.717) is 11.6 Å². The average molecular weight is 308 g/mol. The van der Waals surface area contributed by atoms with Crippen LogP contribution in [-0.2, 0) is 4.79 Å². The molecule has 116 valence electrons. The summed E-state index contributed by atoms with van der Waals surface area (Å²) in [6.07, 6.45) is 5.07. The molecule has 0 bridgehead atoms. The lowest BCUT2D eigenvalue weighted by Gasteiger charge is -2.07. The molecule has 0 aliphatic carbocycles. The molecule has 0 spiro atoms. The van der Waals surface area contributed by atoms with Crippen molar-refractivity contribution in [3.63, 3.8) is 0 Å². The zero-order chi connectivity index (χ0) is 16.1. The number of aryl methyl sites for hydroxylation is 1. The van der Waals surface area contributed by atoms with Crippen molar-refractivity contribution in [2.45, 2.75) is 6.92 Å². The van der Waals surface area contributed by atoms with Crippen LogP contribution in [0.4, 0.5) is 5.69 Å². The van der Waals surface area contributed by atoms with Crippen LogP contribution >= 0.6 is 0 Å².